The van der Waals surface area contributed by atoms with Crippen molar-refractivity contribution in [1.29, 1.82) is 0 Å². The Morgan fingerprint density at radius 2 is 2.04 bits per heavy atom. The quantitative estimate of drug-likeness (QED) is 0.825. The molecule has 0 bridgehead atoms. The van der Waals surface area contributed by atoms with E-state index in [0.29, 0.717) is 22.4 Å². The number of carbonyl (C=O) groups is 2. The molecule has 0 aromatic heterocycles. The number of rotatable bonds is 2. The van der Waals surface area contributed by atoms with Gasteiger partial charge in [0.05, 0.1) is 5.54 Å². The molecule has 1 aliphatic heterocycles. The van der Waals surface area contributed by atoms with Gasteiger partial charge >= 0.3 is 0 Å². The Bertz CT molecular complexity index is 655. The first-order valence-electron chi connectivity index (χ1n) is 8.50. The van der Waals surface area contributed by atoms with Gasteiger partial charge in [-0.3, -0.25) is 9.59 Å². The SMILES string of the molecule is CC1CCCC2(C1)NC(=O)C(c1ccc(C(C)C)cc1Cl)C2=O. The summed E-state index contributed by atoms with van der Waals surface area (Å²) in [6, 6.07) is 5.71. The van der Waals surface area contributed by atoms with Crippen LogP contribution in [0.4, 0.5) is 0 Å². The summed E-state index contributed by atoms with van der Waals surface area (Å²) in [5.41, 5.74) is 1.10. The lowest BCUT2D eigenvalue weighted by molar-refractivity contribution is -0.126. The second-order valence-electron chi connectivity index (χ2n) is 7.51. The van der Waals surface area contributed by atoms with Gasteiger partial charge < -0.3 is 5.32 Å². The number of halogens is 1. The molecule has 2 fully saturated rings. The first kappa shape index (κ1) is 16.5. The van der Waals surface area contributed by atoms with Crippen LogP contribution in [0.5, 0.6) is 0 Å². The molecule has 124 valence electrons. The molecule has 3 atom stereocenters. The molecule has 2 aliphatic rings. The van der Waals surface area contributed by atoms with E-state index in [1.807, 2.05) is 18.2 Å². The Kier molecular flexibility index (Phi) is 4.26. The monoisotopic (exact) mass is 333 g/mol. The Morgan fingerprint density at radius 1 is 1.30 bits per heavy atom. The van der Waals surface area contributed by atoms with Crippen molar-refractivity contribution in [3.05, 3.63) is 34.3 Å². The van der Waals surface area contributed by atoms with E-state index in [4.69, 9.17) is 11.6 Å². The number of carbonyl (C=O) groups excluding carboxylic acids is 2. The first-order chi connectivity index (χ1) is 10.8. The van der Waals surface area contributed by atoms with Crippen molar-refractivity contribution in [3.63, 3.8) is 0 Å². The van der Waals surface area contributed by atoms with E-state index in [1.165, 1.54) is 0 Å². The second kappa shape index (κ2) is 5.94. The minimum absolute atomic E-state index is 0.00764. The van der Waals surface area contributed by atoms with Gasteiger partial charge in [-0.05, 0) is 41.9 Å². The number of amides is 1. The maximum absolute atomic E-state index is 13.1. The lowest BCUT2D eigenvalue weighted by Crippen LogP contribution is -2.49. The van der Waals surface area contributed by atoms with Crippen LogP contribution >= 0.6 is 11.6 Å². The minimum Gasteiger partial charge on any atom is -0.343 e. The Balaban J connectivity index is 1.94. The van der Waals surface area contributed by atoms with Crippen LogP contribution in [0.2, 0.25) is 5.02 Å². The number of hydrogen-bond acceptors (Lipinski definition) is 2. The summed E-state index contributed by atoms with van der Waals surface area (Å²) in [6.45, 7) is 6.34. The third-order valence-corrected chi connectivity index (χ3v) is 5.69. The van der Waals surface area contributed by atoms with E-state index in [2.05, 4.69) is 26.1 Å². The van der Waals surface area contributed by atoms with Gasteiger partial charge in [-0.2, -0.15) is 0 Å². The lowest BCUT2D eigenvalue weighted by Gasteiger charge is -2.35. The fourth-order valence-corrected chi connectivity index (χ4v) is 4.37. The van der Waals surface area contributed by atoms with Crippen molar-refractivity contribution >= 4 is 23.3 Å². The average molecular weight is 334 g/mol. The molecule has 3 unspecified atom stereocenters. The summed E-state index contributed by atoms with van der Waals surface area (Å²) in [4.78, 5) is 25.6. The van der Waals surface area contributed by atoms with E-state index >= 15 is 0 Å². The highest BCUT2D eigenvalue weighted by Gasteiger charge is 2.54. The Labute approximate surface area is 142 Å². The van der Waals surface area contributed by atoms with E-state index in [-0.39, 0.29) is 11.7 Å². The molecule has 1 spiro atoms. The molecule has 4 heteroatoms. The highest BCUT2D eigenvalue weighted by molar-refractivity contribution is 6.32. The molecule has 1 amide bonds. The van der Waals surface area contributed by atoms with Gasteiger partial charge in [-0.25, -0.2) is 0 Å². The highest BCUT2D eigenvalue weighted by atomic mass is 35.5. The normalized spacial score (nSPS) is 31.0. The van der Waals surface area contributed by atoms with Crippen LogP contribution in [0.1, 0.15) is 69.4 Å². The minimum atomic E-state index is -0.756. The van der Waals surface area contributed by atoms with Crippen molar-refractivity contribution < 1.29 is 9.59 Å². The summed E-state index contributed by atoms with van der Waals surface area (Å²) in [6.07, 6.45) is 3.61. The van der Waals surface area contributed by atoms with Gasteiger partial charge in [0, 0.05) is 5.02 Å². The molecule has 1 saturated heterocycles. The smallest absolute Gasteiger partial charge is 0.236 e. The fraction of sp³-hybridized carbons (Fsp3) is 0.579. The number of ketones is 1. The maximum atomic E-state index is 13.1. The molecular weight excluding hydrogens is 310 g/mol. The van der Waals surface area contributed by atoms with Crippen molar-refractivity contribution in [2.45, 2.75) is 63.8 Å². The van der Waals surface area contributed by atoms with Crippen LogP contribution in [-0.4, -0.2) is 17.2 Å². The van der Waals surface area contributed by atoms with E-state index < -0.39 is 11.5 Å². The van der Waals surface area contributed by atoms with Gasteiger partial charge in [0.1, 0.15) is 5.92 Å². The van der Waals surface area contributed by atoms with Crippen LogP contribution in [0.3, 0.4) is 0 Å². The van der Waals surface area contributed by atoms with Gasteiger partial charge in [0.25, 0.3) is 0 Å². The highest BCUT2D eigenvalue weighted by Crippen LogP contribution is 2.42. The maximum Gasteiger partial charge on any atom is 0.236 e. The molecular formula is C19H24ClNO2. The summed E-state index contributed by atoms with van der Waals surface area (Å²) in [5.74, 6) is -0.115. The summed E-state index contributed by atoms with van der Waals surface area (Å²) in [5, 5.41) is 3.53. The molecule has 1 N–H and O–H groups in total. The molecule has 3 rings (SSSR count). The lowest BCUT2D eigenvalue weighted by atomic mass is 9.73. The van der Waals surface area contributed by atoms with Crippen LogP contribution in [0, 0.1) is 5.92 Å². The summed E-state index contributed by atoms with van der Waals surface area (Å²) >= 11 is 6.41. The van der Waals surface area contributed by atoms with E-state index in [9.17, 15) is 9.59 Å². The Hall–Kier alpha value is -1.35. The molecule has 3 nitrogen and oxygen atoms in total. The molecule has 0 radical (unpaired) electrons. The topological polar surface area (TPSA) is 46.2 Å². The number of Topliss-reactive ketones (excluding diaryl/α,β-unsaturated/α-hetero) is 1. The largest absolute Gasteiger partial charge is 0.343 e. The zero-order valence-electron chi connectivity index (χ0n) is 14.0. The molecule has 1 aliphatic carbocycles. The summed E-state index contributed by atoms with van der Waals surface area (Å²) in [7, 11) is 0. The van der Waals surface area contributed by atoms with E-state index in [1.54, 1.807) is 0 Å². The standard InChI is InChI=1S/C19H24ClNO2/c1-11(2)13-6-7-14(15(20)9-13)16-17(22)19(21-18(16)23)8-4-5-12(3)10-19/h6-7,9,11-12,16H,4-5,8,10H2,1-3H3,(H,21,23). The molecule has 1 saturated carbocycles. The van der Waals surface area contributed by atoms with Crippen LogP contribution in [0.25, 0.3) is 0 Å². The average Bonchev–Trinajstić information content (AvgIpc) is 2.70. The van der Waals surface area contributed by atoms with Gasteiger partial charge in [-0.1, -0.05) is 57.3 Å². The van der Waals surface area contributed by atoms with Crippen molar-refractivity contribution in [1.82, 2.24) is 5.32 Å². The number of benzene rings is 1. The zero-order valence-corrected chi connectivity index (χ0v) is 14.7. The van der Waals surface area contributed by atoms with Crippen LogP contribution in [-0.2, 0) is 9.59 Å². The zero-order chi connectivity index (χ0) is 16.8. The van der Waals surface area contributed by atoms with Crippen molar-refractivity contribution in [2.75, 3.05) is 0 Å². The molecule has 23 heavy (non-hydrogen) atoms. The van der Waals surface area contributed by atoms with Crippen molar-refractivity contribution in [2.24, 2.45) is 5.92 Å². The van der Waals surface area contributed by atoms with Crippen LogP contribution < -0.4 is 5.32 Å². The van der Waals surface area contributed by atoms with Crippen molar-refractivity contribution in [3.8, 4) is 0 Å². The predicted molar refractivity (Wildman–Crippen MR) is 91.8 cm³/mol. The molecule has 1 aromatic rings. The third kappa shape index (κ3) is 2.80. The number of hydrogen-bond donors (Lipinski definition) is 1. The Morgan fingerprint density at radius 3 is 2.65 bits per heavy atom. The third-order valence-electron chi connectivity index (χ3n) is 5.36. The van der Waals surface area contributed by atoms with E-state index in [0.717, 1.165) is 31.2 Å². The van der Waals surface area contributed by atoms with Crippen LogP contribution in [0.15, 0.2) is 18.2 Å². The fourth-order valence-electron chi connectivity index (χ4n) is 4.07. The number of nitrogens with one attached hydrogen (secondary N) is 1. The van der Waals surface area contributed by atoms with Gasteiger partial charge in [0.15, 0.2) is 5.78 Å². The molecule has 1 heterocycles. The molecule has 1 aromatic carbocycles. The second-order valence-corrected chi connectivity index (χ2v) is 7.91. The summed E-state index contributed by atoms with van der Waals surface area (Å²) < 4.78 is 0. The predicted octanol–water partition coefficient (Wildman–Crippen LogP) is 4.19. The van der Waals surface area contributed by atoms with Gasteiger partial charge in [0.2, 0.25) is 5.91 Å². The first-order valence-corrected chi connectivity index (χ1v) is 8.87. The van der Waals surface area contributed by atoms with Gasteiger partial charge in [-0.15, -0.1) is 0 Å².